The molecule has 1 aromatic heterocycles. The highest BCUT2D eigenvalue weighted by atomic mass is 16.5. The summed E-state index contributed by atoms with van der Waals surface area (Å²) in [6.45, 7) is 7.54. The van der Waals surface area contributed by atoms with E-state index in [9.17, 15) is 14.4 Å². The second-order valence-electron chi connectivity index (χ2n) is 7.05. The Kier molecular flexibility index (Phi) is 9.42. The summed E-state index contributed by atoms with van der Waals surface area (Å²) in [5, 5.41) is 2.84. The minimum absolute atomic E-state index is 0.0707. The van der Waals surface area contributed by atoms with Gasteiger partial charge in [0.05, 0.1) is 44.6 Å². The van der Waals surface area contributed by atoms with Crippen LogP contribution < -0.4 is 5.32 Å². The predicted molar refractivity (Wildman–Crippen MR) is 115 cm³/mol. The van der Waals surface area contributed by atoms with Crippen molar-refractivity contribution in [1.29, 1.82) is 0 Å². The molecule has 2 N–H and O–H groups in total. The van der Waals surface area contributed by atoms with Crippen LogP contribution in [0.1, 0.15) is 57.1 Å². The molecule has 31 heavy (non-hydrogen) atoms. The molecule has 0 saturated carbocycles. The first kappa shape index (κ1) is 24.3. The second-order valence-corrected chi connectivity index (χ2v) is 7.05. The molecule has 2 rings (SSSR count). The summed E-state index contributed by atoms with van der Waals surface area (Å²) in [5.74, 6) is -1.07. The number of ether oxygens (including phenoxy) is 3. The molecule has 168 valence electrons. The molecule has 8 nitrogen and oxygen atoms in total. The molecular formula is C23H30N2O6. The number of esters is 1. The SMILES string of the molecule is CCOCCOCc1cccc(CNC(=O)Cc2[nH]c(C(C)=O)c(C)c2C(=O)OC)c1. The number of nitrogens with one attached hydrogen (secondary N) is 2. The largest absolute Gasteiger partial charge is 0.465 e. The van der Waals surface area contributed by atoms with Gasteiger partial charge in [0.2, 0.25) is 5.91 Å². The van der Waals surface area contributed by atoms with Gasteiger partial charge in [-0.2, -0.15) is 0 Å². The fraction of sp³-hybridized carbons (Fsp3) is 0.435. The third-order valence-corrected chi connectivity index (χ3v) is 4.73. The van der Waals surface area contributed by atoms with Crippen molar-refractivity contribution in [1.82, 2.24) is 10.3 Å². The molecule has 8 heteroatoms. The van der Waals surface area contributed by atoms with Crippen LogP contribution in [0.4, 0.5) is 0 Å². The number of rotatable bonds is 12. The maximum absolute atomic E-state index is 12.5. The Balaban J connectivity index is 1.97. The average Bonchev–Trinajstić information content (AvgIpc) is 3.08. The monoisotopic (exact) mass is 430 g/mol. The topological polar surface area (TPSA) is 107 Å². The Hall–Kier alpha value is -2.97. The molecule has 0 aliphatic carbocycles. The van der Waals surface area contributed by atoms with Crippen molar-refractivity contribution in [2.24, 2.45) is 0 Å². The molecule has 0 aliphatic rings. The van der Waals surface area contributed by atoms with Crippen LogP contribution in [0.25, 0.3) is 0 Å². The van der Waals surface area contributed by atoms with Gasteiger partial charge in [-0.1, -0.05) is 24.3 Å². The summed E-state index contributed by atoms with van der Waals surface area (Å²) < 4.78 is 15.6. The van der Waals surface area contributed by atoms with E-state index in [1.54, 1.807) is 6.92 Å². The lowest BCUT2D eigenvalue weighted by atomic mass is 10.1. The van der Waals surface area contributed by atoms with Crippen molar-refractivity contribution >= 4 is 17.7 Å². The molecule has 1 aromatic carbocycles. The predicted octanol–water partition coefficient (Wildman–Crippen LogP) is 2.72. The number of hydrogen-bond acceptors (Lipinski definition) is 6. The number of Topliss-reactive ketones (excluding diaryl/α,β-unsaturated/α-hetero) is 1. The zero-order valence-corrected chi connectivity index (χ0v) is 18.5. The lowest BCUT2D eigenvalue weighted by Crippen LogP contribution is -2.25. The van der Waals surface area contributed by atoms with Crippen LogP contribution >= 0.6 is 0 Å². The average molecular weight is 431 g/mol. The van der Waals surface area contributed by atoms with Gasteiger partial charge in [0.15, 0.2) is 5.78 Å². The van der Waals surface area contributed by atoms with Gasteiger partial charge in [0, 0.05) is 25.8 Å². The summed E-state index contributed by atoms with van der Waals surface area (Å²) in [6.07, 6.45) is -0.0707. The van der Waals surface area contributed by atoms with E-state index in [1.165, 1.54) is 14.0 Å². The Morgan fingerprint density at radius 1 is 1.10 bits per heavy atom. The Morgan fingerprint density at radius 2 is 1.81 bits per heavy atom. The standard InChI is InChI=1S/C23H30N2O6/c1-5-30-9-10-31-14-18-8-6-7-17(11-18)13-24-20(27)12-19-21(23(28)29-4)15(2)22(25-19)16(3)26/h6-8,11,25H,5,9-10,12-14H2,1-4H3,(H,24,27). The van der Waals surface area contributed by atoms with Crippen LogP contribution in [0.2, 0.25) is 0 Å². The number of aromatic nitrogens is 1. The molecule has 1 amide bonds. The van der Waals surface area contributed by atoms with Gasteiger partial charge in [-0.25, -0.2) is 4.79 Å². The van der Waals surface area contributed by atoms with Gasteiger partial charge >= 0.3 is 5.97 Å². The zero-order valence-electron chi connectivity index (χ0n) is 18.5. The van der Waals surface area contributed by atoms with Crippen LogP contribution in [0, 0.1) is 6.92 Å². The summed E-state index contributed by atoms with van der Waals surface area (Å²) in [6, 6.07) is 7.75. The van der Waals surface area contributed by atoms with E-state index in [4.69, 9.17) is 14.2 Å². The van der Waals surface area contributed by atoms with E-state index >= 15 is 0 Å². The van der Waals surface area contributed by atoms with Crippen molar-refractivity contribution in [2.45, 2.75) is 40.3 Å². The smallest absolute Gasteiger partial charge is 0.339 e. The molecule has 0 aliphatic heterocycles. The number of hydrogen-bond donors (Lipinski definition) is 2. The number of amides is 1. The summed E-state index contributed by atoms with van der Waals surface area (Å²) in [4.78, 5) is 39.3. The maximum Gasteiger partial charge on any atom is 0.339 e. The molecule has 0 bridgehead atoms. The Morgan fingerprint density at radius 3 is 2.48 bits per heavy atom. The molecule has 0 unspecified atom stereocenters. The molecule has 0 radical (unpaired) electrons. The fourth-order valence-corrected chi connectivity index (χ4v) is 3.23. The van der Waals surface area contributed by atoms with Gasteiger partial charge in [-0.05, 0) is 30.5 Å². The number of ketones is 1. The minimum Gasteiger partial charge on any atom is -0.465 e. The first-order chi connectivity index (χ1) is 14.9. The summed E-state index contributed by atoms with van der Waals surface area (Å²) in [7, 11) is 1.26. The van der Waals surface area contributed by atoms with E-state index in [2.05, 4.69) is 10.3 Å². The van der Waals surface area contributed by atoms with Gasteiger partial charge in [-0.15, -0.1) is 0 Å². The van der Waals surface area contributed by atoms with Gasteiger partial charge < -0.3 is 24.5 Å². The van der Waals surface area contributed by atoms with E-state index in [0.717, 1.165) is 11.1 Å². The van der Waals surface area contributed by atoms with E-state index < -0.39 is 5.97 Å². The number of aromatic amines is 1. The van der Waals surface area contributed by atoms with Gasteiger partial charge in [-0.3, -0.25) is 9.59 Å². The lowest BCUT2D eigenvalue weighted by Gasteiger charge is -2.09. The number of carbonyl (C=O) groups excluding carboxylic acids is 3. The highest BCUT2D eigenvalue weighted by Gasteiger charge is 2.24. The van der Waals surface area contributed by atoms with Crippen molar-refractivity contribution < 1.29 is 28.6 Å². The van der Waals surface area contributed by atoms with Crippen molar-refractivity contribution in [3.8, 4) is 0 Å². The molecule has 0 fully saturated rings. The van der Waals surface area contributed by atoms with E-state index in [-0.39, 0.29) is 23.7 Å². The molecule has 2 aromatic rings. The number of H-pyrrole nitrogens is 1. The quantitative estimate of drug-likeness (QED) is 0.305. The van der Waals surface area contributed by atoms with Crippen LogP contribution in [0.5, 0.6) is 0 Å². The van der Waals surface area contributed by atoms with Gasteiger partial charge in [0.1, 0.15) is 0 Å². The normalized spacial score (nSPS) is 10.7. The second kappa shape index (κ2) is 12.0. The summed E-state index contributed by atoms with van der Waals surface area (Å²) >= 11 is 0. The molecule has 1 heterocycles. The third-order valence-electron chi connectivity index (χ3n) is 4.73. The van der Waals surface area contributed by atoms with Crippen LogP contribution in [-0.4, -0.2) is 49.6 Å². The van der Waals surface area contributed by atoms with Crippen LogP contribution in [0.3, 0.4) is 0 Å². The van der Waals surface area contributed by atoms with Crippen molar-refractivity contribution in [2.75, 3.05) is 26.9 Å². The number of methoxy groups -OCH3 is 1. The van der Waals surface area contributed by atoms with Crippen molar-refractivity contribution in [3.63, 3.8) is 0 Å². The first-order valence-electron chi connectivity index (χ1n) is 10.2. The first-order valence-corrected chi connectivity index (χ1v) is 10.2. The minimum atomic E-state index is -0.582. The molecule has 0 saturated heterocycles. The van der Waals surface area contributed by atoms with Crippen LogP contribution in [-0.2, 0) is 38.6 Å². The van der Waals surface area contributed by atoms with Crippen molar-refractivity contribution in [3.05, 3.63) is 57.9 Å². The third kappa shape index (κ3) is 7.04. The molecule has 0 spiro atoms. The maximum atomic E-state index is 12.5. The van der Waals surface area contributed by atoms with Crippen LogP contribution in [0.15, 0.2) is 24.3 Å². The summed E-state index contributed by atoms with van der Waals surface area (Å²) in [5.41, 5.74) is 3.32. The van der Waals surface area contributed by atoms with Gasteiger partial charge in [0.25, 0.3) is 0 Å². The Bertz CT molecular complexity index is 919. The number of benzene rings is 1. The molecular weight excluding hydrogens is 400 g/mol. The highest BCUT2D eigenvalue weighted by molar-refractivity contribution is 6.01. The zero-order chi connectivity index (χ0) is 22.8. The Labute approximate surface area is 182 Å². The highest BCUT2D eigenvalue weighted by Crippen LogP contribution is 2.20. The number of carbonyl (C=O) groups is 3. The molecule has 0 atom stereocenters. The van der Waals surface area contributed by atoms with E-state index in [0.29, 0.717) is 49.9 Å². The van der Waals surface area contributed by atoms with E-state index in [1.807, 2.05) is 31.2 Å². The lowest BCUT2D eigenvalue weighted by molar-refractivity contribution is -0.120. The fourth-order valence-electron chi connectivity index (χ4n) is 3.23.